The van der Waals surface area contributed by atoms with Crippen molar-refractivity contribution in [3.8, 4) is 28.1 Å². The number of nitrogens with zero attached hydrogens (tertiary/aromatic N) is 4. The van der Waals surface area contributed by atoms with Gasteiger partial charge in [-0.1, -0.05) is 54.1 Å². The summed E-state index contributed by atoms with van der Waals surface area (Å²) in [5, 5.41) is 28.1. The Bertz CT molecular complexity index is 1800. The second-order valence-corrected chi connectivity index (χ2v) is 13.9. The van der Waals surface area contributed by atoms with Crippen molar-refractivity contribution in [1.82, 2.24) is 19.6 Å². The molecule has 3 aromatic carbocycles. The largest absolute Gasteiger partial charge is 0.507 e. The number of aliphatic hydroxyl groups excluding tert-OH is 1. The van der Waals surface area contributed by atoms with Gasteiger partial charge in [-0.2, -0.15) is 5.10 Å². The molecule has 1 aliphatic heterocycles. The maximum absolute atomic E-state index is 14.3. The number of amides is 3. The highest BCUT2D eigenvalue weighted by Gasteiger charge is 2.39. The molecule has 0 aliphatic carbocycles. The summed E-state index contributed by atoms with van der Waals surface area (Å²) in [6, 6.07) is 19.8. The Morgan fingerprint density at radius 2 is 1.76 bits per heavy atom. The maximum atomic E-state index is 14.3. The van der Waals surface area contributed by atoms with Crippen molar-refractivity contribution in [2.75, 3.05) is 25.5 Å². The molecule has 0 bridgehead atoms. The number of carbonyl (C=O) groups is 3. The number of piperidine rings is 1. The quantitative estimate of drug-likeness (QED) is 0.175. The number of likely N-dealkylation sites (N-methyl/N-ethyl adjacent to an activating group) is 1. The third-order valence-electron chi connectivity index (χ3n) is 8.56. The van der Waals surface area contributed by atoms with E-state index in [2.05, 4.69) is 10.4 Å². The lowest BCUT2D eigenvalue weighted by Gasteiger charge is -2.39. The molecule has 264 valence electrons. The molecule has 2 atom stereocenters. The van der Waals surface area contributed by atoms with Crippen molar-refractivity contribution in [2.45, 2.75) is 70.7 Å². The number of phenols is 1. The minimum Gasteiger partial charge on any atom is -0.507 e. The lowest BCUT2D eigenvalue weighted by molar-refractivity contribution is -0.144. The summed E-state index contributed by atoms with van der Waals surface area (Å²) in [6.07, 6.45) is 3.45. The van der Waals surface area contributed by atoms with Gasteiger partial charge in [0.15, 0.2) is 0 Å². The molecule has 1 aromatic heterocycles. The molecular weight excluding hydrogens is 658 g/mol. The standard InChI is InChI=1S/C38H44ClN5O6/c1-38(2,3)50-37(49)42(4)32(22-25-10-6-5-7-11-25)36(48)44-19-9-8-12-31(44)35(47)40-28-16-13-26(14-17-28)30-24-43(20-21-45)41-34(30)29-23-27(39)15-18-33(29)46/h5-7,10-11,13-18,23-24,31-32,45-46H,8-9,12,19-22H2,1-4H3,(H,40,47)/t31-,32+/m1/s1. The van der Waals surface area contributed by atoms with Gasteiger partial charge in [-0.05, 0) is 81.5 Å². The molecule has 4 aromatic rings. The number of nitrogens with one attached hydrogen (secondary N) is 1. The van der Waals surface area contributed by atoms with Gasteiger partial charge in [0.2, 0.25) is 11.8 Å². The van der Waals surface area contributed by atoms with Crippen molar-refractivity contribution < 1.29 is 29.3 Å². The van der Waals surface area contributed by atoms with Crippen LogP contribution in [-0.4, -0.2) is 85.6 Å². The molecular formula is C38H44ClN5O6. The van der Waals surface area contributed by atoms with Gasteiger partial charge in [-0.15, -0.1) is 0 Å². The van der Waals surface area contributed by atoms with E-state index in [1.807, 2.05) is 42.5 Å². The molecule has 1 aliphatic rings. The van der Waals surface area contributed by atoms with Gasteiger partial charge in [-0.25, -0.2) is 4.79 Å². The number of halogens is 1. The first-order chi connectivity index (χ1) is 23.8. The third-order valence-corrected chi connectivity index (χ3v) is 8.80. The number of hydrogen-bond donors (Lipinski definition) is 3. The minimum atomic E-state index is -0.875. The van der Waals surface area contributed by atoms with Crippen molar-refractivity contribution in [1.29, 1.82) is 0 Å². The van der Waals surface area contributed by atoms with Crippen molar-refractivity contribution in [3.05, 3.63) is 89.6 Å². The van der Waals surface area contributed by atoms with Crippen LogP contribution in [0.15, 0.2) is 79.0 Å². The van der Waals surface area contributed by atoms with Crippen molar-refractivity contribution in [2.24, 2.45) is 0 Å². The van der Waals surface area contributed by atoms with Crippen LogP contribution in [0, 0.1) is 0 Å². The Morgan fingerprint density at radius 1 is 1.04 bits per heavy atom. The Labute approximate surface area is 297 Å². The second kappa shape index (κ2) is 15.8. The van der Waals surface area contributed by atoms with Crippen LogP contribution in [0.4, 0.5) is 10.5 Å². The molecule has 1 fully saturated rings. The Kier molecular flexibility index (Phi) is 11.5. The van der Waals surface area contributed by atoms with E-state index in [0.717, 1.165) is 24.0 Å². The number of rotatable bonds is 10. The van der Waals surface area contributed by atoms with Crippen molar-refractivity contribution in [3.63, 3.8) is 0 Å². The van der Waals surface area contributed by atoms with E-state index in [0.29, 0.717) is 40.5 Å². The average Bonchev–Trinajstić information content (AvgIpc) is 3.51. The van der Waals surface area contributed by atoms with Crippen LogP contribution in [0.25, 0.3) is 22.4 Å². The van der Waals surface area contributed by atoms with E-state index in [4.69, 9.17) is 16.3 Å². The summed E-state index contributed by atoms with van der Waals surface area (Å²) < 4.78 is 7.21. The average molecular weight is 702 g/mol. The highest BCUT2D eigenvalue weighted by Crippen LogP contribution is 2.38. The summed E-state index contributed by atoms with van der Waals surface area (Å²) in [5.41, 5.74) is 3.10. The molecule has 3 amide bonds. The Morgan fingerprint density at radius 3 is 2.44 bits per heavy atom. The molecule has 0 unspecified atom stereocenters. The van der Waals surface area contributed by atoms with Crippen LogP contribution in [0.5, 0.6) is 5.75 Å². The first-order valence-electron chi connectivity index (χ1n) is 16.7. The normalized spacial score (nSPS) is 15.3. The van der Waals surface area contributed by atoms with Crippen LogP contribution in [0.1, 0.15) is 45.6 Å². The molecule has 2 heterocycles. The lowest BCUT2D eigenvalue weighted by atomic mass is 9.97. The number of carbonyl (C=O) groups excluding carboxylic acids is 3. The number of ether oxygens (including phenoxy) is 1. The molecule has 0 radical (unpaired) electrons. The zero-order valence-electron chi connectivity index (χ0n) is 28.8. The minimum absolute atomic E-state index is 0.0173. The summed E-state index contributed by atoms with van der Waals surface area (Å²) >= 11 is 6.23. The van der Waals surface area contributed by atoms with Crippen LogP contribution >= 0.6 is 11.6 Å². The topological polar surface area (TPSA) is 137 Å². The van der Waals surface area contributed by atoms with Gasteiger partial charge in [0, 0.05) is 48.0 Å². The van der Waals surface area contributed by atoms with E-state index < -0.39 is 23.8 Å². The highest BCUT2D eigenvalue weighted by molar-refractivity contribution is 6.31. The van der Waals surface area contributed by atoms with Crippen LogP contribution in [0.3, 0.4) is 0 Å². The van der Waals surface area contributed by atoms with E-state index >= 15 is 0 Å². The van der Waals surface area contributed by atoms with Gasteiger partial charge in [-0.3, -0.25) is 19.2 Å². The van der Waals surface area contributed by atoms with Crippen molar-refractivity contribution >= 4 is 35.2 Å². The van der Waals surface area contributed by atoms with Gasteiger partial charge < -0.3 is 25.2 Å². The molecule has 5 rings (SSSR count). The number of likely N-dealkylation sites (tertiary alicyclic amines) is 1. The SMILES string of the molecule is CN(C(=O)OC(C)(C)C)[C@@H](Cc1ccccc1)C(=O)N1CCCC[C@@H]1C(=O)Nc1ccc(-c2cn(CCO)nc2-c2cc(Cl)ccc2O)cc1. The second-order valence-electron chi connectivity index (χ2n) is 13.4. The van der Waals surface area contributed by atoms with E-state index in [9.17, 15) is 24.6 Å². The van der Waals surface area contributed by atoms with E-state index in [1.165, 1.54) is 11.0 Å². The van der Waals surface area contributed by atoms with Crippen LogP contribution in [0.2, 0.25) is 5.02 Å². The zero-order valence-corrected chi connectivity index (χ0v) is 29.6. The summed E-state index contributed by atoms with van der Waals surface area (Å²) in [5.74, 6) is -0.609. The highest BCUT2D eigenvalue weighted by atomic mass is 35.5. The van der Waals surface area contributed by atoms with E-state index in [1.54, 1.807) is 67.9 Å². The summed E-state index contributed by atoms with van der Waals surface area (Å²) in [4.78, 5) is 44.2. The monoisotopic (exact) mass is 701 g/mol. The number of aromatic hydroxyl groups is 1. The van der Waals surface area contributed by atoms with Gasteiger partial charge in [0.05, 0.1) is 13.2 Å². The fourth-order valence-corrected chi connectivity index (χ4v) is 6.23. The first kappa shape index (κ1) is 36.4. The fourth-order valence-electron chi connectivity index (χ4n) is 6.05. The Balaban J connectivity index is 1.36. The van der Waals surface area contributed by atoms with E-state index in [-0.39, 0.29) is 37.1 Å². The molecule has 3 N–H and O–H groups in total. The maximum Gasteiger partial charge on any atom is 0.410 e. The number of anilines is 1. The smallest absolute Gasteiger partial charge is 0.410 e. The predicted molar refractivity (Wildman–Crippen MR) is 193 cm³/mol. The fraction of sp³-hybridized carbons (Fsp3) is 0.368. The summed E-state index contributed by atoms with van der Waals surface area (Å²) in [6.45, 7) is 5.87. The first-order valence-corrected chi connectivity index (χ1v) is 17.1. The number of hydrogen-bond acceptors (Lipinski definition) is 7. The number of aromatic nitrogens is 2. The molecule has 12 heteroatoms. The number of benzene rings is 3. The molecule has 1 saturated heterocycles. The van der Waals surface area contributed by atoms with Gasteiger partial charge in [0.25, 0.3) is 0 Å². The number of aliphatic hydroxyl groups is 1. The molecule has 0 spiro atoms. The molecule has 11 nitrogen and oxygen atoms in total. The van der Waals surface area contributed by atoms with Gasteiger partial charge >= 0.3 is 6.09 Å². The van der Waals surface area contributed by atoms with Gasteiger partial charge in [0.1, 0.15) is 29.1 Å². The molecule has 50 heavy (non-hydrogen) atoms. The third kappa shape index (κ3) is 8.83. The summed E-state index contributed by atoms with van der Waals surface area (Å²) in [7, 11) is 1.56. The zero-order chi connectivity index (χ0) is 36.0. The Hall–Kier alpha value is -4.87. The predicted octanol–water partition coefficient (Wildman–Crippen LogP) is 6.37. The molecule has 0 saturated carbocycles. The van der Waals surface area contributed by atoms with Crippen LogP contribution in [-0.2, 0) is 27.3 Å². The number of phenolic OH excluding ortho intramolecular Hbond substituents is 1. The lowest BCUT2D eigenvalue weighted by Crippen LogP contribution is -2.57. The van der Waals surface area contributed by atoms with Crippen LogP contribution < -0.4 is 5.32 Å².